The molecule has 140 valence electrons. The van der Waals surface area contributed by atoms with E-state index in [2.05, 4.69) is 30.6 Å². The van der Waals surface area contributed by atoms with Crippen molar-refractivity contribution in [2.45, 2.75) is 85.2 Å². The molecule has 1 aliphatic carbocycles. The van der Waals surface area contributed by atoms with Crippen molar-refractivity contribution in [3.8, 4) is 0 Å². The first-order valence-corrected chi connectivity index (χ1v) is 10.4. The number of carbonyl (C=O) groups excluding carboxylic acids is 1. The lowest BCUT2D eigenvalue weighted by Crippen LogP contribution is -2.53. The number of nitrogens with zero attached hydrogens (tertiary/aromatic N) is 2. The molecular formula is C21H40N2O. The highest BCUT2D eigenvalue weighted by Crippen LogP contribution is 2.30. The summed E-state index contributed by atoms with van der Waals surface area (Å²) >= 11 is 0. The Morgan fingerprint density at radius 1 is 0.875 bits per heavy atom. The van der Waals surface area contributed by atoms with Crippen molar-refractivity contribution in [1.82, 2.24) is 9.80 Å². The molecule has 0 aromatic heterocycles. The number of rotatable bonds is 7. The molecule has 1 atom stereocenters. The third-order valence-electron chi connectivity index (χ3n) is 6.32. The summed E-state index contributed by atoms with van der Waals surface area (Å²) in [5.41, 5.74) is 0. The Balaban J connectivity index is 1.71. The molecule has 0 amide bonds. The van der Waals surface area contributed by atoms with Crippen LogP contribution in [0.2, 0.25) is 0 Å². The summed E-state index contributed by atoms with van der Waals surface area (Å²) < 4.78 is 0. The lowest BCUT2D eigenvalue weighted by Gasteiger charge is -2.43. The molecule has 1 saturated heterocycles. The summed E-state index contributed by atoms with van der Waals surface area (Å²) in [6, 6.07) is 1.46. The Kier molecular flexibility index (Phi) is 7.74. The van der Waals surface area contributed by atoms with Gasteiger partial charge in [-0.15, -0.1) is 0 Å². The second kappa shape index (κ2) is 9.33. The van der Waals surface area contributed by atoms with E-state index in [9.17, 15) is 4.79 Å². The van der Waals surface area contributed by atoms with E-state index in [-0.39, 0.29) is 5.92 Å². The third-order valence-corrected chi connectivity index (χ3v) is 6.32. The van der Waals surface area contributed by atoms with E-state index >= 15 is 0 Å². The Bertz CT molecular complexity index is 377. The van der Waals surface area contributed by atoms with Crippen molar-refractivity contribution in [2.75, 3.05) is 26.2 Å². The maximum absolute atomic E-state index is 12.2. The fraction of sp³-hybridized carbons (Fsp3) is 0.952. The summed E-state index contributed by atoms with van der Waals surface area (Å²) in [5.74, 6) is 1.87. The number of hydrogen-bond donors (Lipinski definition) is 0. The van der Waals surface area contributed by atoms with Gasteiger partial charge >= 0.3 is 0 Å². The van der Waals surface area contributed by atoms with E-state index in [1.165, 1.54) is 51.9 Å². The lowest BCUT2D eigenvalue weighted by molar-refractivity contribution is -0.127. The van der Waals surface area contributed by atoms with Gasteiger partial charge in [0.25, 0.3) is 0 Å². The minimum absolute atomic E-state index is 0.211. The van der Waals surface area contributed by atoms with Gasteiger partial charge in [-0.05, 0) is 51.4 Å². The fourth-order valence-electron chi connectivity index (χ4n) is 4.50. The van der Waals surface area contributed by atoms with Crippen molar-refractivity contribution >= 4 is 5.78 Å². The van der Waals surface area contributed by atoms with Crippen LogP contribution < -0.4 is 0 Å². The lowest BCUT2D eigenvalue weighted by atomic mass is 9.80. The number of carbonyl (C=O) groups is 1. The normalized spacial score (nSPS) is 28.5. The molecule has 0 aromatic rings. The van der Waals surface area contributed by atoms with Crippen LogP contribution in [-0.4, -0.2) is 53.8 Å². The molecule has 1 aliphatic heterocycles. The molecule has 3 heteroatoms. The summed E-state index contributed by atoms with van der Waals surface area (Å²) in [6.07, 6.45) is 7.37. The van der Waals surface area contributed by atoms with Gasteiger partial charge in [0, 0.05) is 50.1 Å². The fourth-order valence-corrected chi connectivity index (χ4v) is 4.50. The van der Waals surface area contributed by atoms with Crippen molar-refractivity contribution in [3.05, 3.63) is 0 Å². The van der Waals surface area contributed by atoms with Crippen LogP contribution in [0.4, 0.5) is 0 Å². The minimum atomic E-state index is 0.211. The molecule has 0 aromatic carbocycles. The van der Waals surface area contributed by atoms with Crippen LogP contribution in [0.15, 0.2) is 0 Å². The van der Waals surface area contributed by atoms with Gasteiger partial charge in [0.05, 0.1) is 0 Å². The molecule has 3 nitrogen and oxygen atoms in total. The number of ketones is 1. The SMILES string of the molecule is CC(C)CCC(C)N1CCN(C2CCC(C(=O)C(C)C)CC2)CC1. The molecule has 1 heterocycles. The van der Waals surface area contributed by atoms with Crippen LogP contribution in [0.5, 0.6) is 0 Å². The minimum Gasteiger partial charge on any atom is -0.299 e. The van der Waals surface area contributed by atoms with Crippen LogP contribution >= 0.6 is 0 Å². The Labute approximate surface area is 150 Å². The highest BCUT2D eigenvalue weighted by atomic mass is 16.1. The van der Waals surface area contributed by atoms with Crippen LogP contribution in [0.1, 0.15) is 73.1 Å². The van der Waals surface area contributed by atoms with E-state index in [1.807, 2.05) is 13.8 Å². The summed E-state index contributed by atoms with van der Waals surface area (Å²) in [6.45, 7) is 16.0. The van der Waals surface area contributed by atoms with E-state index in [1.54, 1.807) is 0 Å². The second-order valence-corrected chi connectivity index (χ2v) is 8.95. The number of Topliss-reactive ketones (excluding diaryl/α,β-unsaturated/α-hetero) is 1. The molecule has 2 fully saturated rings. The topological polar surface area (TPSA) is 23.6 Å². The average molecular weight is 337 g/mol. The first-order chi connectivity index (χ1) is 11.4. The van der Waals surface area contributed by atoms with Gasteiger partial charge in [-0.3, -0.25) is 14.6 Å². The van der Waals surface area contributed by atoms with Crippen LogP contribution in [0.3, 0.4) is 0 Å². The first-order valence-electron chi connectivity index (χ1n) is 10.4. The Hall–Kier alpha value is -0.410. The largest absolute Gasteiger partial charge is 0.299 e. The van der Waals surface area contributed by atoms with Crippen molar-refractivity contribution in [3.63, 3.8) is 0 Å². The second-order valence-electron chi connectivity index (χ2n) is 8.95. The van der Waals surface area contributed by atoms with E-state index < -0.39 is 0 Å². The predicted molar refractivity (Wildman–Crippen MR) is 102 cm³/mol. The predicted octanol–water partition coefficient (Wildman–Crippen LogP) is 4.21. The first kappa shape index (κ1) is 19.9. The van der Waals surface area contributed by atoms with Gasteiger partial charge in [-0.1, -0.05) is 27.7 Å². The quantitative estimate of drug-likeness (QED) is 0.696. The molecule has 0 N–H and O–H groups in total. The van der Waals surface area contributed by atoms with Crippen LogP contribution in [0, 0.1) is 17.8 Å². The van der Waals surface area contributed by atoms with Gasteiger partial charge in [-0.2, -0.15) is 0 Å². The highest BCUT2D eigenvalue weighted by Gasteiger charge is 2.32. The molecule has 0 radical (unpaired) electrons. The highest BCUT2D eigenvalue weighted by molar-refractivity contribution is 5.82. The van der Waals surface area contributed by atoms with Crippen molar-refractivity contribution in [1.29, 1.82) is 0 Å². The van der Waals surface area contributed by atoms with Crippen molar-refractivity contribution in [2.24, 2.45) is 17.8 Å². The monoisotopic (exact) mass is 336 g/mol. The van der Waals surface area contributed by atoms with E-state index in [0.29, 0.717) is 11.7 Å². The van der Waals surface area contributed by atoms with Gasteiger partial charge in [0.1, 0.15) is 5.78 Å². The molecule has 0 bridgehead atoms. The maximum Gasteiger partial charge on any atom is 0.138 e. The molecule has 2 rings (SSSR count). The smallest absolute Gasteiger partial charge is 0.138 e. The Morgan fingerprint density at radius 2 is 1.46 bits per heavy atom. The maximum atomic E-state index is 12.2. The number of piperazine rings is 1. The molecule has 2 aliphatic rings. The molecule has 1 unspecified atom stereocenters. The molecular weight excluding hydrogens is 296 g/mol. The average Bonchev–Trinajstić information content (AvgIpc) is 2.59. The van der Waals surface area contributed by atoms with Crippen LogP contribution in [-0.2, 0) is 4.79 Å². The number of hydrogen-bond acceptors (Lipinski definition) is 3. The zero-order valence-corrected chi connectivity index (χ0v) is 16.8. The van der Waals surface area contributed by atoms with Gasteiger partial charge < -0.3 is 0 Å². The molecule has 0 spiro atoms. The zero-order chi connectivity index (χ0) is 17.7. The van der Waals surface area contributed by atoms with Gasteiger partial charge in [0.15, 0.2) is 0 Å². The van der Waals surface area contributed by atoms with Crippen LogP contribution in [0.25, 0.3) is 0 Å². The van der Waals surface area contributed by atoms with Crippen molar-refractivity contribution < 1.29 is 4.79 Å². The zero-order valence-electron chi connectivity index (χ0n) is 16.8. The van der Waals surface area contributed by atoms with Gasteiger partial charge in [-0.25, -0.2) is 0 Å². The van der Waals surface area contributed by atoms with E-state index in [0.717, 1.165) is 30.8 Å². The summed E-state index contributed by atoms with van der Waals surface area (Å²) in [4.78, 5) is 17.6. The summed E-state index contributed by atoms with van der Waals surface area (Å²) in [7, 11) is 0. The molecule has 1 saturated carbocycles. The molecule has 24 heavy (non-hydrogen) atoms. The van der Waals surface area contributed by atoms with E-state index in [4.69, 9.17) is 0 Å². The van der Waals surface area contributed by atoms with Gasteiger partial charge in [0.2, 0.25) is 0 Å². The Morgan fingerprint density at radius 3 is 1.96 bits per heavy atom. The summed E-state index contributed by atoms with van der Waals surface area (Å²) in [5, 5.41) is 0. The third kappa shape index (κ3) is 5.56. The standard InChI is InChI=1S/C21H40N2O/c1-16(2)6-7-18(5)22-12-14-23(15-13-22)20-10-8-19(9-11-20)21(24)17(3)4/h16-20H,6-15H2,1-5H3.